The Hall–Kier alpha value is -4.04. The van der Waals surface area contributed by atoms with Gasteiger partial charge < -0.3 is 24.3 Å². The number of carbonyl (C=O) groups excluding carboxylic acids is 2. The topological polar surface area (TPSA) is 72.8 Å². The molecule has 4 aromatic rings. The van der Waals surface area contributed by atoms with Crippen LogP contribution in [0.5, 0.6) is 5.75 Å². The van der Waals surface area contributed by atoms with E-state index in [0.717, 1.165) is 29.8 Å². The Morgan fingerprint density at radius 1 is 0.974 bits per heavy atom. The lowest BCUT2D eigenvalue weighted by atomic mass is 9.95. The summed E-state index contributed by atoms with van der Waals surface area (Å²) < 4.78 is 12.6. The standard InChI is InChI=1S/C30H29N3O4S/c1-36-22-8-5-7-20(17-22)27-25-10-6-16-32(25)28-24(23-9-3-4-11-26(23)38-28)18-33(27)30(35)31-21-14-12-19(13-15-21)29(34)37-2/h5-8,10,12-17,27H,3-4,9,11,18H2,1-2H3,(H,31,35)/t27-/m0/s1. The van der Waals surface area contributed by atoms with Crippen molar-refractivity contribution in [2.24, 2.45) is 0 Å². The minimum atomic E-state index is -0.413. The van der Waals surface area contributed by atoms with Gasteiger partial charge in [-0.25, -0.2) is 9.59 Å². The van der Waals surface area contributed by atoms with Crippen LogP contribution in [0.2, 0.25) is 0 Å². The number of ether oxygens (including phenoxy) is 2. The van der Waals surface area contributed by atoms with Gasteiger partial charge in [0.15, 0.2) is 0 Å². The van der Waals surface area contributed by atoms with Crippen molar-refractivity contribution in [2.45, 2.75) is 38.3 Å². The summed E-state index contributed by atoms with van der Waals surface area (Å²) in [7, 11) is 3.00. The Labute approximate surface area is 225 Å². The molecule has 0 saturated carbocycles. The average molecular weight is 528 g/mol. The number of nitrogens with one attached hydrogen (secondary N) is 1. The van der Waals surface area contributed by atoms with Crippen LogP contribution in [0.4, 0.5) is 10.5 Å². The van der Waals surface area contributed by atoms with Crippen molar-refractivity contribution in [3.63, 3.8) is 0 Å². The third-order valence-corrected chi connectivity index (χ3v) is 8.74. The molecule has 8 heteroatoms. The van der Waals surface area contributed by atoms with Crippen molar-refractivity contribution < 1.29 is 19.1 Å². The van der Waals surface area contributed by atoms with Gasteiger partial charge in [-0.05, 0) is 85.3 Å². The van der Waals surface area contributed by atoms with Crippen molar-refractivity contribution in [2.75, 3.05) is 19.5 Å². The second-order valence-electron chi connectivity index (χ2n) is 9.60. The van der Waals surface area contributed by atoms with Crippen LogP contribution < -0.4 is 10.1 Å². The predicted octanol–water partition coefficient (Wildman–Crippen LogP) is 6.35. The highest BCUT2D eigenvalue weighted by molar-refractivity contribution is 7.15. The molecule has 0 bridgehead atoms. The molecule has 194 valence electrons. The number of carbonyl (C=O) groups is 2. The fourth-order valence-corrected chi connectivity index (χ4v) is 6.96. The maximum atomic E-state index is 14.1. The molecule has 0 unspecified atom stereocenters. The zero-order valence-corrected chi connectivity index (χ0v) is 22.2. The lowest BCUT2D eigenvalue weighted by Gasteiger charge is -2.31. The molecule has 1 aliphatic heterocycles. The quantitative estimate of drug-likeness (QED) is 0.314. The Bertz CT molecular complexity index is 1500. The molecule has 0 radical (unpaired) electrons. The summed E-state index contributed by atoms with van der Waals surface area (Å²) in [5, 5.41) is 4.29. The monoisotopic (exact) mass is 527 g/mol. The zero-order valence-electron chi connectivity index (χ0n) is 21.4. The average Bonchev–Trinajstić information content (AvgIpc) is 3.54. The summed E-state index contributed by atoms with van der Waals surface area (Å²) in [6.07, 6.45) is 6.64. The van der Waals surface area contributed by atoms with Gasteiger partial charge in [0.05, 0.1) is 38.1 Å². The van der Waals surface area contributed by atoms with Crippen LogP contribution in [0, 0.1) is 0 Å². The largest absolute Gasteiger partial charge is 0.497 e. The normalized spacial score (nSPS) is 16.1. The molecule has 0 spiro atoms. The number of rotatable bonds is 4. The molecule has 6 rings (SSSR count). The first-order valence-electron chi connectivity index (χ1n) is 12.8. The van der Waals surface area contributed by atoms with E-state index in [2.05, 4.69) is 28.2 Å². The smallest absolute Gasteiger partial charge is 0.337 e. The van der Waals surface area contributed by atoms with Gasteiger partial charge in [0, 0.05) is 22.3 Å². The van der Waals surface area contributed by atoms with Crippen molar-refractivity contribution in [3.8, 4) is 10.8 Å². The van der Waals surface area contributed by atoms with Crippen LogP contribution >= 0.6 is 11.3 Å². The molecular weight excluding hydrogens is 498 g/mol. The minimum absolute atomic E-state index is 0.208. The van der Waals surface area contributed by atoms with E-state index in [1.165, 1.54) is 41.0 Å². The number of thiophene rings is 1. The first-order chi connectivity index (χ1) is 18.6. The van der Waals surface area contributed by atoms with Gasteiger partial charge in [0.2, 0.25) is 0 Å². The number of hydrogen-bond acceptors (Lipinski definition) is 5. The molecule has 3 heterocycles. The number of hydrogen-bond donors (Lipinski definition) is 1. The molecule has 1 aliphatic carbocycles. The number of nitrogens with zero attached hydrogens (tertiary/aromatic N) is 2. The summed E-state index contributed by atoms with van der Waals surface area (Å²) in [5.41, 5.74) is 5.70. The summed E-state index contributed by atoms with van der Waals surface area (Å²) in [5.74, 6) is 0.333. The number of esters is 1. The van der Waals surface area contributed by atoms with E-state index in [-0.39, 0.29) is 12.1 Å². The molecule has 2 aromatic carbocycles. The summed E-state index contributed by atoms with van der Waals surface area (Å²) in [6, 6.07) is 18.3. The number of methoxy groups -OCH3 is 2. The van der Waals surface area contributed by atoms with Gasteiger partial charge in [-0.1, -0.05) is 12.1 Å². The Morgan fingerprint density at radius 2 is 1.79 bits per heavy atom. The Kier molecular flexibility index (Phi) is 6.41. The van der Waals surface area contributed by atoms with Crippen molar-refractivity contribution in [3.05, 3.63) is 99.7 Å². The molecule has 38 heavy (non-hydrogen) atoms. The molecule has 2 aliphatic rings. The van der Waals surface area contributed by atoms with Gasteiger partial charge in [-0.15, -0.1) is 11.3 Å². The minimum Gasteiger partial charge on any atom is -0.497 e. The molecule has 1 atom stereocenters. The predicted molar refractivity (Wildman–Crippen MR) is 147 cm³/mol. The number of fused-ring (bicyclic) bond motifs is 5. The van der Waals surface area contributed by atoms with Crippen LogP contribution in [0.25, 0.3) is 5.00 Å². The Balaban J connectivity index is 1.44. The summed E-state index contributed by atoms with van der Waals surface area (Å²) >= 11 is 1.86. The van der Waals surface area contributed by atoms with Crippen LogP contribution in [-0.4, -0.2) is 35.7 Å². The third-order valence-electron chi connectivity index (χ3n) is 7.41. The Morgan fingerprint density at radius 3 is 2.58 bits per heavy atom. The van der Waals surface area contributed by atoms with Crippen molar-refractivity contribution >= 4 is 29.0 Å². The van der Waals surface area contributed by atoms with E-state index in [1.54, 1.807) is 31.4 Å². The van der Waals surface area contributed by atoms with Crippen molar-refractivity contribution in [1.29, 1.82) is 0 Å². The maximum Gasteiger partial charge on any atom is 0.337 e. The number of anilines is 1. The molecule has 7 nitrogen and oxygen atoms in total. The van der Waals surface area contributed by atoms with Crippen LogP contribution in [-0.2, 0) is 24.1 Å². The van der Waals surface area contributed by atoms with E-state index in [1.807, 2.05) is 40.5 Å². The SMILES string of the molecule is COC(=O)c1ccc(NC(=O)N2Cc3c(sc4c3CCCC4)-n3cccc3[C@@H]2c2cccc(OC)c2)cc1. The number of aromatic nitrogens is 1. The first kappa shape index (κ1) is 24.3. The van der Waals surface area contributed by atoms with E-state index in [4.69, 9.17) is 9.47 Å². The van der Waals surface area contributed by atoms with Gasteiger partial charge in [-0.2, -0.15) is 0 Å². The van der Waals surface area contributed by atoms with Crippen LogP contribution in [0.3, 0.4) is 0 Å². The van der Waals surface area contributed by atoms with Gasteiger partial charge >= 0.3 is 12.0 Å². The second kappa shape index (κ2) is 10.0. The van der Waals surface area contributed by atoms with E-state index >= 15 is 0 Å². The first-order valence-corrected chi connectivity index (χ1v) is 13.6. The number of benzene rings is 2. The summed E-state index contributed by atoms with van der Waals surface area (Å²) in [6.45, 7) is 0.497. The molecule has 2 amide bonds. The highest BCUT2D eigenvalue weighted by Gasteiger charge is 2.36. The molecule has 1 N–H and O–H groups in total. The van der Waals surface area contributed by atoms with E-state index < -0.39 is 5.97 Å². The lowest BCUT2D eigenvalue weighted by Crippen LogP contribution is -2.38. The zero-order chi connectivity index (χ0) is 26.2. The molecule has 0 fully saturated rings. The maximum absolute atomic E-state index is 14.1. The van der Waals surface area contributed by atoms with Gasteiger partial charge in [-0.3, -0.25) is 0 Å². The fraction of sp³-hybridized carbons (Fsp3) is 0.267. The highest BCUT2D eigenvalue weighted by Crippen LogP contribution is 2.44. The highest BCUT2D eigenvalue weighted by atomic mass is 32.1. The van der Waals surface area contributed by atoms with E-state index in [9.17, 15) is 9.59 Å². The lowest BCUT2D eigenvalue weighted by molar-refractivity contribution is 0.0600. The van der Waals surface area contributed by atoms with Gasteiger partial charge in [0.1, 0.15) is 10.8 Å². The molecule has 0 saturated heterocycles. The fourth-order valence-electron chi connectivity index (χ4n) is 5.55. The van der Waals surface area contributed by atoms with Crippen LogP contribution in [0.15, 0.2) is 66.9 Å². The van der Waals surface area contributed by atoms with Gasteiger partial charge in [0.25, 0.3) is 0 Å². The summed E-state index contributed by atoms with van der Waals surface area (Å²) in [4.78, 5) is 29.3. The third kappa shape index (κ3) is 4.24. The molecular formula is C30H29N3O4S. The number of aryl methyl sites for hydroxylation is 1. The number of amides is 2. The van der Waals surface area contributed by atoms with Crippen molar-refractivity contribution in [1.82, 2.24) is 9.47 Å². The second-order valence-corrected chi connectivity index (χ2v) is 10.7. The van der Waals surface area contributed by atoms with Crippen LogP contribution in [0.1, 0.15) is 56.5 Å². The number of urea groups is 1. The molecule has 2 aromatic heterocycles. The van der Waals surface area contributed by atoms with E-state index in [0.29, 0.717) is 17.8 Å².